The van der Waals surface area contributed by atoms with Crippen molar-refractivity contribution >= 4 is 17.4 Å². The molecule has 0 bridgehead atoms. The molecule has 0 atom stereocenters. The highest BCUT2D eigenvalue weighted by Crippen LogP contribution is 2.14. The van der Waals surface area contributed by atoms with Gasteiger partial charge in [-0.2, -0.15) is 5.10 Å². The zero-order valence-corrected chi connectivity index (χ0v) is 12.5. The van der Waals surface area contributed by atoms with Gasteiger partial charge in [-0.15, -0.1) is 0 Å². The normalized spacial score (nSPS) is 11.6. The molecule has 7 nitrogen and oxygen atoms in total. The highest BCUT2D eigenvalue weighted by Gasteiger charge is 2.16. The number of esters is 1. The molecule has 114 valence electrons. The second-order valence-corrected chi connectivity index (χ2v) is 5.35. The molecule has 0 saturated carbocycles. The van der Waals surface area contributed by atoms with Gasteiger partial charge in [-0.05, 0) is 33.3 Å². The molecule has 2 heterocycles. The monoisotopic (exact) mass is 292 g/mol. The molecule has 2 rings (SSSR count). The second kappa shape index (κ2) is 6.09. The zero-order valence-electron chi connectivity index (χ0n) is 12.5. The lowest BCUT2D eigenvalue weighted by Crippen LogP contribution is -2.22. The van der Waals surface area contributed by atoms with E-state index in [2.05, 4.69) is 15.4 Å². The molecule has 2 aromatic heterocycles. The predicted molar refractivity (Wildman–Crippen MR) is 78.3 cm³/mol. The van der Waals surface area contributed by atoms with Crippen LogP contribution in [0.3, 0.4) is 0 Å². The van der Waals surface area contributed by atoms with Gasteiger partial charge in [0.1, 0.15) is 11.4 Å². The van der Waals surface area contributed by atoms with Crippen LogP contribution in [0.25, 0.3) is 5.65 Å². The summed E-state index contributed by atoms with van der Waals surface area (Å²) in [5, 5.41) is 16.9. The summed E-state index contributed by atoms with van der Waals surface area (Å²) in [6, 6.07) is 1.76. The van der Waals surface area contributed by atoms with Crippen LogP contribution in [0, 0.1) is 0 Å². The highest BCUT2D eigenvalue weighted by molar-refractivity contribution is 5.95. The lowest BCUT2D eigenvalue weighted by molar-refractivity contribution is 0.0528. The maximum atomic E-state index is 11.8. The summed E-state index contributed by atoms with van der Waals surface area (Å²) in [4.78, 5) is 16.2. The van der Waals surface area contributed by atoms with E-state index in [0.717, 1.165) is 0 Å². The molecule has 0 saturated heterocycles. The van der Waals surface area contributed by atoms with Crippen LogP contribution in [-0.2, 0) is 4.74 Å². The van der Waals surface area contributed by atoms with Crippen molar-refractivity contribution in [3.05, 3.63) is 24.0 Å². The number of aromatic nitrogens is 3. The molecule has 2 N–H and O–H groups in total. The largest absolute Gasteiger partial charge is 0.462 e. The minimum atomic E-state index is -0.732. The Morgan fingerprint density at radius 3 is 2.95 bits per heavy atom. The third kappa shape index (κ3) is 3.91. The first kappa shape index (κ1) is 15.2. The van der Waals surface area contributed by atoms with Crippen molar-refractivity contribution in [1.29, 1.82) is 0 Å². The van der Waals surface area contributed by atoms with E-state index in [4.69, 9.17) is 4.74 Å². The number of fused-ring (bicyclic) bond motifs is 1. The Labute approximate surface area is 122 Å². The molecule has 0 aromatic carbocycles. The fourth-order valence-electron chi connectivity index (χ4n) is 1.82. The van der Waals surface area contributed by atoms with Crippen LogP contribution in [0.5, 0.6) is 0 Å². The number of nitrogens with one attached hydrogen (secondary N) is 1. The Balaban J connectivity index is 2.16. The molecule has 0 amide bonds. The van der Waals surface area contributed by atoms with Gasteiger partial charge in [-0.25, -0.2) is 14.3 Å². The molecule has 0 fully saturated rings. The van der Waals surface area contributed by atoms with Crippen LogP contribution in [0.1, 0.15) is 37.6 Å². The fraction of sp³-hybridized carbons (Fsp3) is 0.500. The molecule has 0 spiro atoms. The van der Waals surface area contributed by atoms with Gasteiger partial charge in [-0.1, -0.05) is 0 Å². The summed E-state index contributed by atoms with van der Waals surface area (Å²) in [5.41, 5.74) is 0.0498. The molecule has 2 aromatic rings. The minimum Gasteiger partial charge on any atom is -0.462 e. The third-order valence-electron chi connectivity index (χ3n) is 2.91. The number of anilines is 1. The Hall–Kier alpha value is -2.15. The van der Waals surface area contributed by atoms with Crippen molar-refractivity contribution in [2.24, 2.45) is 0 Å². The second-order valence-electron chi connectivity index (χ2n) is 5.35. The fourth-order valence-corrected chi connectivity index (χ4v) is 1.82. The van der Waals surface area contributed by atoms with Gasteiger partial charge < -0.3 is 15.2 Å². The first-order chi connectivity index (χ1) is 9.90. The van der Waals surface area contributed by atoms with Gasteiger partial charge in [0.25, 0.3) is 0 Å². The van der Waals surface area contributed by atoms with E-state index >= 15 is 0 Å². The number of hydrogen-bond acceptors (Lipinski definition) is 6. The molecule has 7 heteroatoms. The van der Waals surface area contributed by atoms with Gasteiger partial charge in [0.05, 0.1) is 18.4 Å². The standard InChI is InChI=1S/C14H20N4O3/c1-4-21-13(19)10-9-16-18-8-5-11(17-12(10)18)15-7-6-14(2,3)20/h5,8-9,20H,4,6-7H2,1-3H3,(H,15,17). The number of ether oxygens (including phenoxy) is 1. The van der Waals surface area contributed by atoms with E-state index in [9.17, 15) is 9.90 Å². The summed E-state index contributed by atoms with van der Waals surface area (Å²) in [7, 11) is 0. The van der Waals surface area contributed by atoms with Crippen LogP contribution in [0.2, 0.25) is 0 Å². The highest BCUT2D eigenvalue weighted by atomic mass is 16.5. The van der Waals surface area contributed by atoms with E-state index in [1.807, 2.05) is 0 Å². The molecule has 0 aliphatic heterocycles. The third-order valence-corrected chi connectivity index (χ3v) is 2.91. The number of carbonyl (C=O) groups excluding carboxylic acids is 1. The van der Waals surface area contributed by atoms with Crippen molar-refractivity contribution in [3.8, 4) is 0 Å². The smallest absolute Gasteiger partial charge is 0.343 e. The summed E-state index contributed by atoms with van der Waals surface area (Å²) in [5.74, 6) is 0.187. The van der Waals surface area contributed by atoms with E-state index in [1.54, 1.807) is 33.0 Å². The van der Waals surface area contributed by atoms with Gasteiger partial charge in [0.15, 0.2) is 5.65 Å². The van der Waals surface area contributed by atoms with Crippen molar-refractivity contribution in [3.63, 3.8) is 0 Å². The van der Waals surface area contributed by atoms with Crippen molar-refractivity contribution in [2.45, 2.75) is 32.8 Å². The van der Waals surface area contributed by atoms with E-state index in [1.165, 1.54) is 10.7 Å². The molecule has 0 aliphatic carbocycles. The quantitative estimate of drug-likeness (QED) is 0.784. The van der Waals surface area contributed by atoms with Gasteiger partial charge in [0.2, 0.25) is 0 Å². The van der Waals surface area contributed by atoms with Crippen molar-refractivity contribution in [2.75, 3.05) is 18.5 Å². The maximum Gasteiger partial charge on any atom is 0.343 e. The predicted octanol–water partition coefficient (Wildman–Crippen LogP) is 1.48. The molecule has 0 aliphatic rings. The SMILES string of the molecule is CCOC(=O)c1cnn2ccc(NCCC(C)(C)O)nc12. The van der Waals surface area contributed by atoms with E-state index in [0.29, 0.717) is 36.6 Å². The Morgan fingerprint density at radius 1 is 1.52 bits per heavy atom. The lowest BCUT2D eigenvalue weighted by atomic mass is 10.1. The topological polar surface area (TPSA) is 88.8 Å². The van der Waals surface area contributed by atoms with Crippen LogP contribution < -0.4 is 5.32 Å². The molecular formula is C14H20N4O3. The van der Waals surface area contributed by atoms with Crippen LogP contribution in [0.15, 0.2) is 18.5 Å². The minimum absolute atomic E-state index is 0.305. The number of carbonyl (C=O) groups is 1. The summed E-state index contributed by atoms with van der Waals surface area (Å²) in [6.07, 6.45) is 3.75. The Bertz CT molecular complexity index is 631. The molecule has 21 heavy (non-hydrogen) atoms. The Morgan fingerprint density at radius 2 is 2.29 bits per heavy atom. The zero-order chi connectivity index (χ0) is 15.5. The van der Waals surface area contributed by atoms with Crippen molar-refractivity contribution in [1.82, 2.24) is 14.6 Å². The van der Waals surface area contributed by atoms with Gasteiger partial charge in [-0.3, -0.25) is 0 Å². The molecule has 0 unspecified atom stereocenters. The van der Waals surface area contributed by atoms with Gasteiger partial charge >= 0.3 is 5.97 Å². The average molecular weight is 292 g/mol. The first-order valence-corrected chi connectivity index (χ1v) is 6.88. The number of aliphatic hydroxyl groups is 1. The van der Waals surface area contributed by atoms with Crippen LogP contribution >= 0.6 is 0 Å². The summed E-state index contributed by atoms with van der Waals surface area (Å²) >= 11 is 0. The van der Waals surface area contributed by atoms with E-state index < -0.39 is 11.6 Å². The summed E-state index contributed by atoms with van der Waals surface area (Å²) < 4.78 is 6.50. The number of rotatable bonds is 6. The van der Waals surface area contributed by atoms with Gasteiger partial charge in [0, 0.05) is 12.7 Å². The number of hydrogen-bond donors (Lipinski definition) is 2. The maximum absolute atomic E-state index is 11.8. The van der Waals surface area contributed by atoms with E-state index in [-0.39, 0.29) is 0 Å². The Kier molecular flexibility index (Phi) is 4.42. The average Bonchev–Trinajstić information content (AvgIpc) is 2.80. The van der Waals surface area contributed by atoms with Crippen LogP contribution in [0.4, 0.5) is 5.82 Å². The lowest BCUT2D eigenvalue weighted by Gasteiger charge is -2.17. The van der Waals surface area contributed by atoms with Crippen molar-refractivity contribution < 1.29 is 14.6 Å². The summed E-state index contributed by atoms with van der Waals surface area (Å²) in [6.45, 7) is 6.14. The van der Waals surface area contributed by atoms with Crippen LogP contribution in [-0.4, -0.2) is 44.4 Å². The molecule has 0 radical (unpaired) electrons. The number of nitrogens with zero attached hydrogens (tertiary/aromatic N) is 3. The first-order valence-electron chi connectivity index (χ1n) is 6.88. The molecular weight excluding hydrogens is 272 g/mol.